The van der Waals surface area contributed by atoms with Crippen LogP contribution in [-0.2, 0) is 10.0 Å². The maximum Gasteiger partial charge on any atom is 0.290 e. The van der Waals surface area contributed by atoms with Crippen molar-refractivity contribution in [3.05, 3.63) is 32.8 Å². The van der Waals surface area contributed by atoms with Crippen LogP contribution in [0.2, 0.25) is 0 Å². The lowest BCUT2D eigenvalue weighted by Crippen LogP contribution is -2.41. The zero-order valence-electron chi connectivity index (χ0n) is 9.85. The van der Waals surface area contributed by atoms with E-state index in [1.807, 2.05) is 0 Å². The maximum absolute atomic E-state index is 12.9. The quantitative estimate of drug-likeness (QED) is 0.574. The summed E-state index contributed by atoms with van der Waals surface area (Å²) in [6.07, 6.45) is 0. The Hall–Kier alpha value is -1.17. The minimum absolute atomic E-state index is 0.287. The number of rotatable bonds is 6. The topological polar surface area (TPSA) is 115 Å². The van der Waals surface area contributed by atoms with E-state index in [9.17, 15) is 27.3 Å². The molecule has 0 atom stereocenters. The number of nitrogens with one attached hydrogen (secondary N) is 1. The number of hydrogen-bond donors (Lipinski definition) is 2. The van der Waals surface area contributed by atoms with Crippen LogP contribution in [0, 0.1) is 10.1 Å². The van der Waals surface area contributed by atoms with Gasteiger partial charge in [-0.25, -0.2) is 21.9 Å². The van der Waals surface area contributed by atoms with E-state index in [4.69, 9.17) is 5.73 Å². The Kier molecular flexibility index (Phi) is 5.13. The number of nitrogens with zero attached hydrogens (tertiary/aromatic N) is 1. The fourth-order valence-corrected chi connectivity index (χ4v) is 2.77. The van der Waals surface area contributed by atoms with Gasteiger partial charge in [-0.1, -0.05) is 15.9 Å². The van der Waals surface area contributed by atoms with Crippen LogP contribution in [0.4, 0.5) is 14.5 Å². The van der Waals surface area contributed by atoms with Gasteiger partial charge in [0.1, 0.15) is 0 Å². The van der Waals surface area contributed by atoms with Crippen LogP contribution in [0.5, 0.6) is 0 Å². The van der Waals surface area contributed by atoms with Gasteiger partial charge in [-0.15, -0.1) is 0 Å². The third-order valence-electron chi connectivity index (χ3n) is 2.23. The van der Waals surface area contributed by atoms with Gasteiger partial charge in [-0.05, 0) is 12.1 Å². The summed E-state index contributed by atoms with van der Waals surface area (Å²) < 4.78 is 51.4. The molecule has 0 aliphatic carbocycles. The molecule has 0 fully saturated rings. The number of nitrogens with two attached hydrogens (primary N) is 1. The minimum Gasteiger partial charge on any atom is -0.325 e. The highest BCUT2D eigenvalue weighted by atomic mass is 79.9. The molecule has 0 aliphatic heterocycles. The maximum atomic E-state index is 12.9. The van der Waals surface area contributed by atoms with E-state index in [0.29, 0.717) is 0 Å². The fraction of sp³-hybridized carbons (Fsp3) is 0.333. The first-order valence-electron chi connectivity index (χ1n) is 5.10. The van der Waals surface area contributed by atoms with Gasteiger partial charge in [0.2, 0.25) is 10.0 Å². The molecular weight excluding hydrogens is 364 g/mol. The highest BCUT2D eigenvalue weighted by molar-refractivity contribution is 9.10. The molecule has 3 N–H and O–H groups in total. The predicted octanol–water partition coefficient (Wildman–Crippen LogP) is 1.23. The van der Waals surface area contributed by atoms with Crippen LogP contribution in [0.3, 0.4) is 0 Å². The van der Waals surface area contributed by atoms with E-state index < -0.39 is 44.5 Å². The largest absolute Gasteiger partial charge is 0.325 e. The van der Waals surface area contributed by atoms with Gasteiger partial charge < -0.3 is 5.73 Å². The van der Waals surface area contributed by atoms with Crippen molar-refractivity contribution in [1.82, 2.24) is 4.72 Å². The van der Waals surface area contributed by atoms with E-state index in [2.05, 4.69) is 15.9 Å². The molecule has 0 heterocycles. The molecule has 0 spiro atoms. The summed E-state index contributed by atoms with van der Waals surface area (Å²) in [5.74, 6) is -3.43. The lowest BCUT2D eigenvalue weighted by Gasteiger charge is -2.14. The number of nitro groups is 1. The third kappa shape index (κ3) is 4.16. The molecule has 0 radical (unpaired) electrons. The monoisotopic (exact) mass is 373 g/mol. The number of nitro benzene ring substituents is 1. The molecule has 0 aromatic heterocycles. The summed E-state index contributed by atoms with van der Waals surface area (Å²) in [7, 11) is -4.44. The van der Waals surface area contributed by atoms with Crippen LogP contribution in [0.15, 0.2) is 27.6 Å². The van der Waals surface area contributed by atoms with Crippen LogP contribution in [0.25, 0.3) is 0 Å². The second kappa shape index (κ2) is 6.08. The molecule has 20 heavy (non-hydrogen) atoms. The molecule has 0 aliphatic rings. The van der Waals surface area contributed by atoms with Crippen LogP contribution in [-0.4, -0.2) is 32.4 Å². The van der Waals surface area contributed by atoms with Gasteiger partial charge in [0.25, 0.3) is 11.6 Å². The zero-order valence-corrected chi connectivity index (χ0v) is 12.2. The molecule has 0 unspecified atom stereocenters. The Morgan fingerprint density at radius 2 is 2.05 bits per heavy atom. The summed E-state index contributed by atoms with van der Waals surface area (Å²) in [5, 5.41) is 10.8. The van der Waals surface area contributed by atoms with Crippen LogP contribution >= 0.6 is 15.9 Å². The number of halogens is 3. The second-order valence-electron chi connectivity index (χ2n) is 3.75. The number of alkyl halides is 2. The smallest absolute Gasteiger partial charge is 0.290 e. The van der Waals surface area contributed by atoms with Crippen molar-refractivity contribution in [2.75, 3.05) is 13.1 Å². The van der Waals surface area contributed by atoms with Crippen molar-refractivity contribution in [2.24, 2.45) is 5.73 Å². The highest BCUT2D eigenvalue weighted by Gasteiger charge is 2.32. The standard InChI is InChI=1S/C9H10BrF2N3O4S/c10-6-1-2-8(7(3-6)15(16)17)20(18,19)14-5-9(11,12)4-13/h1-3,14H,4-5,13H2. The zero-order chi connectivity index (χ0) is 15.6. The van der Waals surface area contributed by atoms with Gasteiger partial charge in [0.05, 0.1) is 18.0 Å². The normalized spacial score (nSPS) is 12.4. The Morgan fingerprint density at radius 3 is 2.55 bits per heavy atom. The molecule has 0 saturated carbocycles. The van der Waals surface area contributed by atoms with Gasteiger partial charge in [0, 0.05) is 10.5 Å². The molecule has 112 valence electrons. The van der Waals surface area contributed by atoms with Gasteiger partial charge >= 0.3 is 0 Å². The molecule has 0 saturated heterocycles. The molecular formula is C9H10BrF2N3O4S. The molecule has 7 nitrogen and oxygen atoms in total. The SMILES string of the molecule is NCC(F)(F)CNS(=O)(=O)c1ccc(Br)cc1[N+](=O)[O-]. The number of benzene rings is 1. The first-order chi connectivity index (χ1) is 9.09. The van der Waals surface area contributed by atoms with E-state index in [1.54, 1.807) is 4.72 Å². The summed E-state index contributed by atoms with van der Waals surface area (Å²) in [5.41, 5.74) is 4.05. The summed E-state index contributed by atoms with van der Waals surface area (Å²) in [6, 6.07) is 3.17. The average molecular weight is 374 g/mol. The van der Waals surface area contributed by atoms with Gasteiger partial charge in [0.15, 0.2) is 4.90 Å². The van der Waals surface area contributed by atoms with Crippen molar-refractivity contribution in [2.45, 2.75) is 10.8 Å². The summed E-state index contributed by atoms with van der Waals surface area (Å²) >= 11 is 2.96. The highest BCUT2D eigenvalue weighted by Crippen LogP contribution is 2.27. The van der Waals surface area contributed by atoms with Crippen LogP contribution in [0.1, 0.15) is 0 Å². The van der Waals surface area contributed by atoms with Gasteiger partial charge in [-0.3, -0.25) is 10.1 Å². The van der Waals surface area contributed by atoms with E-state index in [-0.39, 0.29) is 4.47 Å². The third-order valence-corrected chi connectivity index (χ3v) is 4.17. The lowest BCUT2D eigenvalue weighted by molar-refractivity contribution is -0.387. The number of hydrogen-bond acceptors (Lipinski definition) is 5. The first kappa shape index (κ1) is 16.9. The number of sulfonamides is 1. The minimum atomic E-state index is -4.44. The van der Waals surface area contributed by atoms with Gasteiger partial charge in [-0.2, -0.15) is 0 Å². The van der Waals surface area contributed by atoms with Crippen molar-refractivity contribution >= 4 is 31.6 Å². The predicted molar refractivity (Wildman–Crippen MR) is 70.0 cm³/mol. The van der Waals surface area contributed by atoms with E-state index >= 15 is 0 Å². The second-order valence-corrected chi connectivity index (χ2v) is 6.40. The van der Waals surface area contributed by atoms with Crippen molar-refractivity contribution in [3.8, 4) is 0 Å². The van der Waals surface area contributed by atoms with E-state index in [1.165, 1.54) is 6.07 Å². The Morgan fingerprint density at radius 1 is 1.45 bits per heavy atom. The van der Waals surface area contributed by atoms with E-state index in [0.717, 1.165) is 12.1 Å². The Balaban J connectivity index is 3.13. The molecule has 0 bridgehead atoms. The first-order valence-corrected chi connectivity index (χ1v) is 7.38. The molecule has 11 heteroatoms. The van der Waals surface area contributed by atoms with Crippen molar-refractivity contribution < 1.29 is 22.1 Å². The Labute approximate surface area is 121 Å². The van der Waals surface area contributed by atoms with Crippen molar-refractivity contribution in [1.29, 1.82) is 0 Å². The Bertz CT molecular complexity index is 624. The lowest BCUT2D eigenvalue weighted by atomic mass is 10.3. The average Bonchev–Trinajstić information content (AvgIpc) is 2.36. The molecule has 0 amide bonds. The molecule has 1 aromatic carbocycles. The van der Waals surface area contributed by atoms with Crippen LogP contribution < -0.4 is 10.5 Å². The summed E-state index contributed by atoms with van der Waals surface area (Å²) in [4.78, 5) is 9.19. The molecule has 1 rings (SSSR count). The fourth-order valence-electron chi connectivity index (χ4n) is 1.21. The summed E-state index contributed by atoms with van der Waals surface area (Å²) in [6.45, 7) is -2.28. The van der Waals surface area contributed by atoms with Crippen molar-refractivity contribution in [3.63, 3.8) is 0 Å². The molecule has 1 aromatic rings.